The number of nitrogens with two attached hydrogens (primary N) is 1. The van der Waals surface area contributed by atoms with Gasteiger partial charge in [-0.25, -0.2) is 0 Å². The zero-order valence-electron chi connectivity index (χ0n) is 12.2. The molecule has 1 aliphatic carbocycles. The van der Waals surface area contributed by atoms with E-state index in [1.54, 1.807) is 0 Å². The monoisotopic (exact) mass is 265 g/mol. The van der Waals surface area contributed by atoms with E-state index in [4.69, 9.17) is 5.73 Å². The number of benzene rings is 2. The molecule has 0 radical (unpaired) electrons. The van der Waals surface area contributed by atoms with Gasteiger partial charge >= 0.3 is 0 Å². The molecule has 0 saturated heterocycles. The van der Waals surface area contributed by atoms with Crippen molar-refractivity contribution in [2.45, 2.75) is 38.6 Å². The maximum absolute atomic E-state index is 6.50. The highest BCUT2D eigenvalue weighted by Crippen LogP contribution is 2.33. The molecule has 0 aromatic heterocycles. The molecule has 1 aliphatic rings. The molecular weight excluding hydrogens is 242 g/mol. The van der Waals surface area contributed by atoms with Gasteiger partial charge in [0.1, 0.15) is 0 Å². The van der Waals surface area contributed by atoms with E-state index >= 15 is 0 Å². The standard InChI is InChI=1S/C19H23N/c1-2-5-14-8-10-15(11-9-14)19(20)18-12-16-6-3-4-7-17(16)13-18/h3-4,6-11,18-19H,2,5,12-13,20H2,1H3. The topological polar surface area (TPSA) is 26.0 Å². The van der Waals surface area contributed by atoms with Gasteiger partial charge in [-0.2, -0.15) is 0 Å². The Morgan fingerprint density at radius 3 is 2.15 bits per heavy atom. The first kappa shape index (κ1) is 13.4. The van der Waals surface area contributed by atoms with Gasteiger partial charge in [0.05, 0.1) is 0 Å². The fraction of sp³-hybridized carbons (Fsp3) is 0.368. The Morgan fingerprint density at radius 2 is 1.60 bits per heavy atom. The molecule has 1 nitrogen and oxygen atoms in total. The van der Waals surface area contributed by atoms with Gasteiger partial charge in [-0.3, -0.25) is 0 Å². The number of aryl methyl sites for hydroxylation is 1. The van der Waals surface area contributed by atoms with Gasteiger partial charge in [0, 0.05) is 6.04 Å². The van der Waals surface area contributed by atoms with Crippen molar-refractivity contribution in [1.29, 1.82) is 0 Å². The predicted octanol–water partition coefficient (Wildman–Crippen LogP) is 4.05. The summed E-state index contributed by atoms with van der Waals surface area (Å²) >= 11 is 0. The van der Waals surface area contributed by atoms with Gasteiger partial charge in [0.25, 0.3) is 0 Å². The SMILES string of the molecule is CCCc1ccc(C(N)C2Cc3ccccc3C2)cc1. The van der Waals surface area contributed by atoms with E-state index in [-0.39, 0.29) is 6.04 Å². The minimum absolute atomic E-state index is 0.151. The fourth-order valence-electron chi connectivity index (χ4n) is 3.31. The summed E-state index contributed by atoms with van der Waals surface area (Å²) in [7, 11) is 0. The van der Waals surface area contributed by atoms with Crippen LogP contribution in [0.25, 0.3) is 0 Å². The van der Waals surface area contributed by atoms with Gasteiger partial charge in [0.15, 0.2) is 0 Å². The lowest BCUT2D eigenvalue weighted by molar-refractivity contribution is 0.453. The van der Waals surface area contributed by atoms with Crippen LogP contribution in [0.5, 0.6) is 0 Å². The van der Waals surface area contributed by atoms with Crippen molar-refractivity contribution in [3.05, 3.63) is 70.8 Å². The second kappa shape index (κ2) is 5.80. The van der Waals surface area contributed by atoms with Crippen molar-refractivity contribution in [3.63, 3.8) is 0 Å². The molecular formula is C19H23N. The van der Waals surface area contributed by atoms with Crippen LogP contribution < -0.4 is 5.73 Å². The average molecular weight is 265 g/mol. The molecule has 0 bridgehead atoms. The zero-order chi connectivity index (χ0) is 13.9. The average Bonchev–Trinajstić information content (AvgIpc) is 2.91. The molecule has 0 fully saturated rings. The van der Waals surface area contributed by atoms with E-state index in [1.165, 1.54) is 28.7 Å². The molecule has 2 aromatic carbocycles. The Kier molecular flexibility index (Phi) is 3.88. The van der Waals surface area contributed by atoms with E-state index < -0.39 is 0 Å². The lowest BCUT2D eigenvalue weighted by atomic mass is 9.90. The van der Waals surface area contributed by atoms with Gasteiger partial charge in [0.2, 0.25) is 0 Å². The highest BCUT2D eigenvalue weighted by Gasteiger charge is 2.26. The molecule has 2 aromatic rings. The Hall–Kier alpha value is -1.60. The van der Waals surface area contributed by atoms with Crippen molar-refractivity contribution >= 4 is 0 Å². The van der Waals surface area contributed by atoms with E-state index in [1.807, 2.05) is 0 Å². The van der Waals surface area contributed by atoms with Crippen molar-refractivity contribution in [3.8, 4) is 0 Å². The van der Waals surface area contributed by atoms with Crippen LogP contribution in [0.2, 0.25) is 0 Å². The fourth-order valence-corrected chi connectivity index (χ4v) is 3.31. The lowest BCUT2D eigenvalue weighted by Crippen LogP contribution is -2.21. The van der Waals surface area contributed by atoms with Crippen LogP contribution in [0, 0.1) is 5.92 Å². The summed E-state index contributed by atoms with van der Waals surface area (Å²) < 4.78 is 0. The van der Waals surface area contributed by atoms with E-state index in [9.17, 15) is 0 Å². The quantitative estimate of drug-likeness (QED) is 0.886. The molecule has 1 heteroatoms. The maximum Gasteiger partial charge on any atom is 0.0329 e. The van der Waals surface area contributed by atoms with Crippen LogP contribution in [0.4, 0.5) is 0 Å². The minimum Gasteiger partial charge on any atom is -0.324 e. The Bertz CT molecular complexity index is 546. The molecule has 104 valence electrons. The number of hydrogen-bond acceptors (Lipinski definition) is 1. The number of fused-ring (bicyclic) bond motifs is 1. The molecule has 2 N–H and O–H groups in total. The third kappa shape index (κ3) is 2.64. The highest BCUT2D eigenvalue weighted by molar-refractivity contribution is 5.34. The third-order valence-electron chi connectivity index (χ3n) is 4.49. The predicted molar refractivity (Wildman–Crippen MR) is 84.7 cm³/mol. The Morgan fingerprint density at radius 1 is 1.00 bits per heavy atom. The second-order valence-electron chi connectivity index (χ2n) is 5.95. The van der Waals surface area contributed by atoms with Gasteiger partial charge in [-0.1, -0.05) is 61.9 Å². The summed E-state index contributed by atoms with van der Waals surface area (Å²) in [5, 5.41) is 0. The van der Waals surface area contributed by atoms with Crippen molar-refractivity contribution in [2.24, 2.45) is 11.7 Å². The van der Waals surface area contributed by atoms with E-state index in [0.29, 0.717) is 5.92 Å². The third-order valence-corrected chi connectivity index (χ3v) is 4.49. The van der Waals surface area contributed by atoms with E-state index in [0.717, 1.165) is 19.3 Å². The largest absolute Gasteiger partial charge is 0.324 e. The summed E-state index contributed by atoms with van der Waals surface area (Å²) in [5.41, 5.74) is 12.2. The van der Waals surface area contributed by atoms with Crippen LogP contribution in [-0.4, -0.2) is 0 Å². The molecule has 1 unspecified atom stereocenters. The molecule has 0 saturated carbocycles. The molecule has 0 aliphatic heterocycles. The minimum atomic E-state index is 0.151. The summed E-state index contributed by atoms with van der Waals surface area (Å²) in [6.07, 6.45) is 4.59. The number of hydrogen-bond donors (Lipinski definition) is 1. The van der Waals surface area contributed by atoms with Crippen LogP contribution in [-0.2, 0) is 19.3 Å². The highest BCUT2D eigenvalue weighted by atomic mass is 14.7. The van der Waals surface area contributed by atoms with Crippen molar-refractivity contribution in [2.75, 3.05) is 0 Å². The first-order chi connectivity index (χ1) is 9.78. The van der Waals surface area contributed by atoms with Crippen molar-refractivity contribution < 1.29 is 0 Å². The van der Waals surface area contributed by atoms with Gasteiger partial charge < -0.3 is 5.73 Å². The summed E-state index contributed by atoms with van der Waals surface area (Å²) in [5.74, 6) is 0.546. The zero-order valence-corrected chi connectivity index (χ0v) is 12.2. The maximum atomic E-state index is 6.50. The lowest BCUT2D eigenvalue weighted by Gasteiger charge is -2.19. The summed E-state index contributed by atoms with van der Waals surface area (Å²) in [6, 6.07) is 17.8. The Balaban J connectivity index is 1.72. The molecule has 0 amide bonds. The summed E-state index contributed by atoms with van der Waals surface area (Å²) in [6.45, 7) is 2.22. The summed E-state index contributed by atoms with van der Waals surface area (Å²) in [4.78, 5) is 0. The molecule has 20 heavy (non-hydrogen) atoms. The molecule has 1 atom stereocenters. The second-order valence-corrected chi connectivity index (χ2v) is 5.95. The van der Waals surface area contributed by atoms with Crippen LogP contribution >= 0.6 is 0 Å². The van der Waals surface area contributed by atoms with E-state index in [2.05, 4.69) is 55.5 Å². The molecule has 3 rings (SSSR count). The van der Waals surface area contributed by atoms with Crippen molar-refractivity contribution in [1.82, 2.24) is 0 Å². The first-order valence-corrected chi connectivity index (χ1v) is 7.69. The van der Waals surface area contributed by atoms with Gasteiger partial charge in [-0.15, -0.1) is 0 Å². The number of rotatable bonds is 4. The van der Waals surface area contributed by atoms with Crippen LogP contribution in [0.15, 0.2) is 48.5 Å². The van der Waals surface area contributed by atoms with Crippen LogP contribution in [0.1, 0.15) is 41.6 Å². The van der Waals surface area contributed by atoms with Crippen LogP contribution in [0.3, 0.4) is 0 Å². The first-order valence-electron chi connectivity index (χ1n) is 7.69. The van der Waals surface area contributed by atoms with Gasteiger partial charge in [-0.05, 0) is 47.4 Å². The normalized spacial score (nSPS) is 16.1. The smallest absolute Gasteiger partial charge is 0.0329 e. The molecule has 0 spiro atoms. The molecule has 0 heterocycles. The Labute approximate surface area is 121 Å².